The van der Waals surface area contributed by atoms with E-state index in [0.717, 1.165) is 10.5 Å². The number of thioether (sulfide) groups is 1. The van der Waals surface area contributed by atoms with E-state index in [1.54, 1.807) is 32.4 Å². The Morgan fingerprint density at radius 2 is 1.56 bits per heavy atom. The zero-order valence-electron chi connectivity index (χ0n) is 15.2. The summed E-state index contributed by atoms with van der Waals surface area (Å²) in [6, 6.07) is 25.0. The summed E-state index contributed by atoms with van der Waals surface area (Å²) < 4.78 is 10.6. The van der Waals surface area contributed by atoms with Crippen LogP contribution < -0.4 is 14.8 Å². The molecule has 3 rings (SSSR count). The molecule has 0 bridgehead atoms. The van der Waals surface area contributed by atoms with Crippen molar-refractivity contribution in [3.05, 3.63) is 84.4 Å². The van der Waals surface area contributed by atoms with E-state index in [-0.39, 0.29) is 11.2 Å². The van der Waals surface area contributed by atoms with E-state index in [4.69, 9.17) is 9.47 Å². The Balaban J connectivity index is 1.87. The first-order chi connectivity index (χ1) is 13.2. The number of carbonyl (C=O) groups excluding carboxylic acids is 1. The molecule has 0 aliphatic heterocycles. The molecule has 1 atom stereocenters. The van der Waals surface area contributed by atoms with Gasteiger partial charge in [0.15, 0.2) is 0 Å². The third kappa shape index (κ3) is 4.83. The molecule has 0 aromatic heterocycles. The van der Waals surface area contributed by atoms with E-state index in [1.165, 1.54) is 11.8 Å². The fourth-order valence-electron chi connectivity index (χ4n) is 2.64. The van der Waals surface area contributed by atoms with Crippen molar-refractivity contribution in [1.82, 2.24) is 0 Å². The second-order valence-corrected chi connectivity index (χ2v) is 6.96. The Morgan fingerprint density at radius 1 is 0.889 bits per heavy atom. The predicted molar refractivity (Wildman–Crippen MR) is 110 cm³/mol. The molecule has 0 aliphatic carbocycles. The van der Waals surface area contributed by atoms with Crippen LogP contribution in [0.4, 0.5) is 5.69 Å². The van der Waals surface area contributed by atoms with Gasteiger partial charge in [0, 0.05) is 11.0 Å². The van der Waals surface area contributed by atoms with Gasteiger partial charge in [0.05, 0.1) is 19.9 Å². The third-order valence-corrected chi connectivity index (χ3v) is 5.27. The first-order valence-corrected chi connectivity index (χ1v) is 9.39. The van der Waals surface area contributed by atoms with Crippen LogP contribution >= 0.6 is 11.8 Å². The summed E-state index contributed by atoms with van der Waals surface area (Å²) >= 11 is 1.51. The molecule has 27 heavy (non-hydrogen) atoms. The highest BCUT2D eigenvalue weighted by molar-refractivity contribution is 8.00. The van der Waals surface area contributed by atoms with Crippen LogP contribution in [0, 0.1) is 0 Å². The minimum atomic E-state index is -0.389. The number of amides is 1. The molecule has 0 radical (unpaired) electrons. The smallest absolute Gasteiger partial charge is 0.242 e. The van der Waals surface area contributed by atoms with Crippen molar-refractivity contribution in [2.75, 3.05) is 19.5 Å². The normalized spacial score (nSPS) is 11.5. The molecule has 4 nitrogen and oxygen atoms in total. The van der Waals surface area contributed by atoms with Gasteiger partial charge in [-0.2, -0.15) is 0 Å². The number of hydrogen-bond donors (Lipinski definition) is 1. The average Bonchev–Trinajstić information content (AvgIpc) is 2.73. The van der Waals surface area contributed by atoms with Gasteiger partial charge in [-0.3, -0.25) is 4.79 Å². The SMILES string of the molecule is COc1ccc(NC(=O)[C@@H](Sc2ccccc2)c2ccccc2)c(OC)c1. The number of methoxy groups -OCH3 is 2. The number of anilines is 1. The molecule has 0 aliphatic rings. The Labute approximate surface area is 163 Å². The number of nitrogens with one attached hydrogen (secondary N) is 1. The fraction of sp³-hybridized carbons (Fsp3) is 0.136. The third-order valence-electron chi connectivity index (χ3n) is 4.00. The van der Waals surface area contributed by atoms with Gasteiger partial charge < -0.3 is 14.8 Å². The van der Waals surface area contributed by atoms with Crippen molar-refractivity contribution in [3.63, 3.8) is 0 Å². The van der Waals surface area contributed by atoms with Crippen molar-refractivity contribution < 1.29 is 14.3 Å². The molecule has 0 fully saturated rings. The van der Waals surface area contributed by atoms with Crippen molar-refractivity contribution in [2.45, 2.75) is 10.1 Å². The van der Waals surface area contributed by atoms with Gasteiger partial charge in [0.2, 0.25) is 5.91 Å². The molecule has 1 amide bonds. The largest absolute Gasteiger partial charge is 0.497 e. The molecule has 1 N–H and O–H groups in total. The summed E-state index contributed by atoms with van der Waals surface area (Å²) in [7, 11) is 3.16. The van der Waals surface area contributed by atoms with E-state index in [1.807, 2.05) is 60.7 Å². The van der Waals surface area contributed by atoms with Gasteiger partial charge in [-0.1, -0.05) is 48.5 Å². The number of carbonyl (C=O) groups is 1. The zero-order valence-corrected chi connectivity index (χ0v) is 16.0. The maximum Gasteiger partial charge on any atom is 0.242 e. The van der Waals surface area contributed by atoms with Gasteiger partial charge >= 0.3 is 0 Å². The van der Waals surface area contributed by atoms with Crippen LogP contribution in [0.2, 0.25) is 0 Å². The molecule has 0 unspecified atom stereocenters. The molecule has 0 spiro atoms. The second-order valence-electron chi connectivity index (χ2n) is 5.78. The monoisotopic (exact) mass is 379 g/mol. The second kappa shape index (κ2) is 9.14. The van der Waals surface area contributed by atoms with E-state index in [0.29, 0.717) is 17.2 Å². The predicted octanol–water partition coefficient (Wildman–Crippen LogP) is 5.18. The van der Waals surface area contributed by atoms with E-state index in [2.05, 4.69) is 5.32 Å². The minimum Gasteiger partial charge on any atom is -0.497 e. The minimum absolute atomic E-state index is 0.112. The van der Waals surface area contributed by atoms with Gasteiger partial charge in [-0.25, -0.2) is 0 Å². The lowest BCUT2D eigenvalue weighted by Crippen LogP contribution is -2.19. The number of ether oxygens (including phenoxy) is 2. The van der Waals surface area contributed by atoms with E-state index >= 15 is 0 Å². The molecule has 0 saturated heterocycles. The molecule has 3 aromatic carbocycles. The van der Waals surface area contributed by atoms with E-state index in [9.17, 15) is 4.79 Å². The summed E-state index contributed by atoms with van der Waals surface area (Å²) in [6.07, 6.45) is 0. The average molecular weight is 379 g/mol. The maximum atomic E-state index is 13.1. The van der Waals surface area contributed by atoms with Crippen LogP contribution in [0.5, 0.6) is 11.5 Å². The summed E-state index contributed by atoms with van der Waals surface area (Å²) in [5.74, 6) is 1.11. The van der Waals surface area contributed by atoms with Crippen molar-refractivity contribution in [2.24, 2.45) is 0 Å². The van der Waals surface area contributed by atoms with Crippen molar-refractivity contribution in [1.29, 1.82) is 0 Å². The molecular weight excluding hydrogens is 358 g/mol. The Kier molecular flexibility index (Phi) is 6.39. The fourth-order valence-corrected chi connectivity index (χ4v) is 3.68. The summed E-state index contributed by atoms with van der Waals surface area (Å²) in [5, 5.41) is 2.60. The highest BCUT2D eigenvalue weighted by Gasteiger charge is 2.23. The molecule has 138 valence electrons. The van der Waals surface area contributed by atoms with Crippen LogP contribution in [0.25, 0.3) is 0 Å². The number of hydrogen-bond acceptors (Lipinski definition) is 4. The van der Waals surface area contributed by atoms with Gasteiger partial charge in [-0.05, 0) is 29.8 Å². The van der Waals surface area contributed by atoms with Crippen LogP contribution in [-0.2, 0) is 4.79 Å². The summed E-state index contributed by atoms with van der Waals surface area (Å²) in [4.78, 5) is 14.2. The highest BCUT2D eigenvalue weighted by atomic mass is 32.2. The highest BCUT2D eigenvalue weighted by Crippen LogP contribution is 2.37. The lowest BCUT2D eigenvalue weighted by molar-refractivity contribution is -0.115. The van der Waals surface area contributed by atoms with Crippen LogP contribution in [-0.4, -0.2) is 20.1 Å². The van der Waals surface area contributed by atoms with Crippen molar-refractivity contribution >= 4 is 23.4 Å². The molecule has 0 heterocycles. The van der Waals surface area contributed by atoms with E-state index < -0.39 is 0 Å². The van der Waals surface area contributed by atoms with Crippen LogP contribution in [0.1, 0.15) is 10.8 Å². The molecule has 3 aromatic rings. The molecule has 0 saturated carbocycles. The number of benzene rings is 3. The first-order valence-electron chi connectivity index (χ1n) is 8.51. The molecule has 5 heteroatoms. The summed E-state index contributed by atoms with van der Waals surface area (Å²) in [5.41, 5.74) is 1.55. The lowest BCUT2D eigenvalue weighted by Gasteiger charge is -2.18. The summed E-state index contributed by atoms with van der Waals surface area (Å²) in [6.45, 7) is 0. The van der Waals surface area contributed by atoms with Gasteiger partial charge in [0.1, 0.15) is 16.7 Å². The maximum absolute atomic E-state index is 13.1. The Hall–Kier alpha value is -2.92. The standard InChI is InChI=1S/C22H21NO3S/c1-25-17-13-14-19(20(15-17)26-2)23-22(24)21(16-9-5-3-6-10-16)27-18-11-7-4-8-12-18/h3-15,21H,1-2H3,(H,23,24)/t21-/m0/s1. The van der Waals surface area contributed by atoms with Crippen LogP contribution in [0.15, 0.2) is 83.8 Å². The quantitative estimate of drug-likeness (QED) is 0.575. The number of rotatable bonds is 7. The van der Waals surface area contributed by atoms with Crippen LogP contribution in [0.3, 0.4) is 0 Å². The van der Waals surface area contributed by atoms with Gasteiger partial charge in [-0.15, -0.1) is 11.8 Å². The molecular formula is C22H21NO3S. The van der Waals surface area contributed by atoms with Gasteiger partial charge in [0.25, 0.3) is 0 Å². The Bertz CT molecular complexity index is 885. The lowest BCUT2D eigenvalue weighted by atomic mass is 10.1. The Morgan fingerprint density at radius 3 is 2.19 bits per heavy atom. The zero-order chi connectivity index (χ0) is 19.1. The first kappa shape index (κ1) is 18.9. The topological polar surface area (TPSA) is 47.6 Å². The van der Waals surface area contributed by atoms with Crippen molar-refractivity contribution in [3.8, 4) is 11.5 Å².